The lowest BCUT2D eigenvalue weighted by atomic mass is 9.52. The van der Waals surface area contributed by atoms with Crippen LogP contribution in [0.2, 0.25) is 0 Å². The summed E-state index contributed by atoms with van der Waals surface area (Å²) >= 11 is 0. The first-order valence-electron chi connectivity index (χ1n) is 7.71. The second kappa shape index (κ2) is 4.07. The van der Waals surface area contributed by atoms with E-state index in [1.807, 2.05) is 0 Å². The van der Waals surface area contributed by atoms with Gasteiger partial charge in [-0.2, -0.15) is 0 Å². The van der Waals surface area contributed by atoms with Gasteiger partial charge in [-0.15, -0.1) is 0 Å². The van der Waals surface area contributed by atoms with Gasteiger partial charge in [0.15, 0.2) is 0 Å². The molecule has 1 saturated heterocycles. The summed E-state index contributed by atoms with van der Waals surface area (Å²) in [4.78, 5) is 0. The molecule has 0 aromatic heterocycles. The van der Waals surface area contributed by atoms with Crippen LogP contribution in [0.5, 0.6) is 0 Å². The van der Waals surface area contributed by atoms with Gasteiger partial charge in [-0.3, -0.25) is 0 Å². The predicted molar refractivity (Wildman–Crippen MR) is 76.3 cm³/mol. The molecular weight excluding hydrogens is 234 g/mol. The monoisotopic (exact) mass is 257 g/mol. The van der Waals surface area contributed by atoms with Crippen molar-refractivity contribution in [1.29, 1.82) is 0 Å². The second-order valence-electron chi connectivity index (χ2n) is 6.81. The van der Waals surface area contributed by atoms with Gasteiger partial charge in [0.25, 0.3) is 0 Å². The molecule has 3 aliphatic rings. The number of hydrogen-bond donors (Lipinski definition) is 2. The molecule has 102 valence electrons. The van der Waals surface area contributed by atoms with E-state index >= 15 is 0 Å². The maximum Gasteiger partial charge on any atom is 0.0549 e. The molecule has 1 aromatic rings. The number of aliphatic hydroxyl groups is 1. The summed E-state index contributed by atoms with van der Waals surface area (Å²) in [6, 6.07) is 7.43. The third-order valence-electron chi connectivity index (χ3n) is 5.95. The summed E-state index contributed by atoms with van der Waals surface area (Å²) in [6.07, 6.45) is 5.44. The molecule has 0 spiro atoms. The highest BCUT2D eigenvalue weighted by Gasteiger charge is 2.53. The Labute approximate surface area is 115 Å². The molecule has 4 atom stereocenters. The van der Waals surface area contributed by atoms with Crippen LogP contribution < -0.4 is 5.32 Å². The molecular formula is C17H23NO. The van der Waals surface area contributed by atoms with Crippen molar-refractivity contribution in [1.82, 2.24) is 5.32 Å². The molecule has 2 aliphatic carbocycles. The molecule has 2 bridgehead atoms. The summed E-state index contributed by atoms with van der Waals surface area (Å²) in [5, 5.41) is 14.0. The number of rotatable bonds is 0. The van der Waals surface area contributed by atoms with Crippen molar-refractivity contribution in [3.8, 4) is 0 Å². The molecule has 1 aliphatic heterocycles. The first-order chi connectivity index (χ1) is 9.21. The fourth-order valence-corrected chi connectivity index (χ4v) is 5.14. The predicted octanol–water partition coefficient (Wildman–Crippen LogP) is 2.31. The highest BCUT2D eigenvalue weighted by molar-refractivity contribution is 5.45. The Morgan fingerprint density at radius 2 is 2.21 bits per heavy atom. The standard InChI is InChI=1S/C17H23NO/c1-11-3-2-4-14-13(11)9-16-15-6-5-12(19)10-17(14,15)7-8-18-16/h2-4,12,15-16,18-19H,5-10H2,1H3/t12-,15-,16+,17+/m0/s1. The minimum atomic E-state index is -0.0959. The van der Waals surface area contributed by atoms with Crippen molar-refractivity contribution >= 4 is 0 Å². The topological polar surface area (TPSA) is 32.3 Å². The SMILES string of the molecule is Cc1cccc2c1C[C@H]1NCC[C@@]23C[C@@H](O)CC[C@@H]13. The van der Waals surface area contributed by atoms with Gasteiger partial charge in [-0.25, -0.2) is 0 Å². The molecule has 0 radical (unpaired) electrons. The number of aryl methyl sites for hydroxylation is 1. The van der Waals surface area contributed by atoms with Crippen LogP contribution in [0.15, 0.2) is 18.2 Å². The first kappa shape index (κ1) is 11.9. The lowest BCUT2D eigenvalue weighted by Crippen LogP contribution is -2.61. The number of aliphatic hydroxyl groups excluding tert-OH is 1. The lowest BCUT2D eigenvalue weighted by molar-refractivity contribution is 0.00370. The van der Waals surface area contributed by atoms with E-state index in [1.54, 1.807) is 11.1 Å². The van der Waals surface area contributed by atoms with Crippen molar-refractivity contribution in [2.24, 2.45) is 5.92 Å². The zero-order valence-corrected chi connectivity index (χ0v) is 11.7. The van der Waals surface area contributed by atoms with Gasteiger partial charge in [-0.1, -0.05) is 18.2 Å². The van der Waals surface area contributed by atoms with Crippen LogP contribution in [0.1, 0.15) is 42.4 Å². The smallest absolute Gasteiger partial charge is 0.0549 e. The summed E-state index contributed by atoms with van der Waals surface area (Å²) in [6.45, 7) is 3.35. The second-order valence-corrected chi connectivity index (χ2v) is 6.81. The molecule has 2 nitrogen and oxygen atoms in total. The third-order valence-corrected chi connectivity index (χ3v) is 5.95. The normalized spacial score (nSPS) is 40.4. The summed E-state index contributed by atoms with van der Waals surface area (Å²) < 4.78 is 0. The van der Waals surface area contributed by atoms with Crippen LogP contribution in [0.4, 0.5) is 0 Å². The average Bonchev–Trinajstić information content (AvgIpc) is 2.39. The number of piperidine rings is 1. The van der Waals surface area contributed by atoms with E-state index in [0.29, 0.717) is 6.04 Å². The van der Waals surface area contributed by atoms with E-state index in [2.05, 4.69) is 30.4 Å². The van der Waals surface area contributed by atoms with Crippen LogP contribution in [-0.4, -0.2) is 23.8 Å². The van der Waals surface area contributed by atoms with Gasteiger partial charge in [0.2, 0.25) is 0 Å². The van der Waals surface area contributed by atoms with Gasteiger partial charge < -0.3 is 10.4 Å². The zero-order valence-electron chi connectivity index (χ0n) is 11.7. The maximum atomic E-state index is 10.2. The molecule has 4 rings (SSSR count). The zero-order chi connectivity index (χ0) is 13.0. The number of nitrogens with one attached hydrogen (secondary N) is 1. The van der Waals surface area contributed by atoms with Crippen LogP contribution >= 0.6 is 0 Å². The molecule has 2 heteroatoms. The Bertz CT molecular complexity index is 512. The summed E-state index contributed by atoms with van der Waals surface area (Å²) in [7, 11) is 0. The van der Waals surface area contributed by atoms with Gasteiger partial charge >= 0.3 is 0 Å². The van der Waals surface area contributed by atoms with Crippen molar-refractivity contribution in [2.75, 3.05) is 6.54 Å². The van der Waals surface area contributed by atoms with Crippen LogP contribution in [0.25, 0.3) is 0 Å². The van der Waals surface area contributed by atoms with Gasteiger partial charge in [0.1, 0.15) is 0 Å². The Hall–Kier alpha value is -0.860. The highest BCUT2D eigenvalue weighted by atomic mass is 16.3. The van der Waals surface area contributed by atoms with Crippen molar-refractivity contribution in [3.05, 3.63) is 34.9 Å². The van der Waals surface area contributed by atoms with Crippen LogP contribution in [0, 0.1) is 12.8 Å². The van der Waals surface area contributed by atoms with E-state index < -0.39 is 0 Å². The van der Waals surface area contributed by atoms with E-state index in [1.165, 1.54) is 24.8 Å². The number of fused-ring (bicyclic) bond motifs is 1. The van der Waals surface area contributed by atoms with Crippen LogP contribution in [-0.2, 0) is 11.8 Å². The Kier molecular flexibility index (Phi) is 2.55. The number of hydrogen-bond acceptors (Lipinski definition) is 2. The minimum absolute atomic E-state index is 0.0959. The van der Waals surface area contributed by atoms with E-state index in [0.717, 1.165) is 25.3 Å². The van der Waals surface area contributed by atoms with Crippen molar-refractivity contribution in [2.45, 2.75) is 56.6 Å². The average molecular weight is 257 g/mol. The van der Waals surface area contributed by atoms with E-state index in [9.17, 15) is 5.11 Å². The molecule has 1 saturated carbocycles. The Morgan fingerprint density at radius 3 is 3.11 bits per heavy atom. The number of benzene rings is 1. The lowest BCUT2D eigenvalue weighted by Gasteiger charge is -2.57. The van der Waals surface area contributed by atoms with Gasteiger partial charge in [-0.05, 0) is 68.2 Å². The highest BCUT2D eigenvalue weighted by Crippen LogP contribution is 2.54. The third kappa shape index (κ3) is 1.56. The van der Waals surface area contributed by atoms with Gasteiger partial charge in [0, 0.05) is 11.5 Å². The molecule has 2 N–H and O–H groups in total. The molecule has 1 aromatic carbocycles. The molecule has 0 amide bonds. The largest absolute Gasteiger partial charge is 0.393 e. The van der Waals surface area contributed by atoms with E-state index in [-0.39, 0.29) is 11.5 Å². The summed E-state index contributed by atoms with van der Waals surface area (Å²) in [5.74, 6) is 0.735. The molecule has 0 unspecified atom stereocenters. The minimum Gasteiger partial charge on any atom is -0.393 e. The fraction of sp³-hybridized carbons (Fsp3) is 0.647. The van der Waals surface area contributed by atoms with E-state index in [4.69, 9.17) is 0 Å². The quantitative estimate of drug-likeness (QED) is 0.747. The van der Waals surface area contributed by atoms with Crippen molar-refractivity contribution in [3.63, 3.8) is 0 Å². The Morgan fingerprint density at radius 1 is 1.32 bits per heavy atom. The van der Waals surface area contributed by atoms with Crippen molar-refractivity contribution < 1.29 is 5.11 Å². The molecule has 2 fully saturated rings. The van der Waals surface area contributed by atoms with Gasteiger partial charge in [0.05, 0.1) is 6.10 Å². The summed E-state index contributed by atoms with van der Waals surface area (Å²) in [5.41, 5.74) is 4.82. The fourth-order valence-electron chi connectivity index (χ4n) is 5.14. The Balaban J connectivity index is 1.91. The first-order valence-corrected chi connectivity index (χ1v) is 7.71. The van der Waals surface area contributed by atoms with Crippen LogP contribution in [0.3, 0.4) is 0 Å². The maximum absolute atomic E-state index is 10.2. The molecule has 19 heavy (non-hydrogen) atoms. The molecule has 1 heterocycles.